The maximum Gasteiger partial charge on any atom is 0.227 e. The third-order valence-corrected chi connectivity index (χ3v) is 5.33. The van der Waals surface area contributed by atoms with Gasteiger partial charge in [-0.1, -0.05) is 0 Å². The Hall–Kier alpha value is -3.02. The van der Waals surface area contributed by atoms with E-state index in [0.29, 0.717) is 38.9 Å². The zero-order chi connectivity index (χ0) is 21.3. The molecule has 0 radical (unpaired) electrons. The number of benzene rings is 2. The fourth-order valence-electron chi connectivity index (χ4n) is 3.71. The standard InChI is InChI=1S/C24H30N2O4/c1-3-29-21-13-9-19(10-14-21)25-23(27)17-5-7-18(8-6-17)24(28)26-20-11-15-22(16-12-20)30-4-2/h9-18H,3-8H2,1-2H3,(H,25,27)(H,26,28). The fourth-order valence-corrected chi connectivity index (χ4v) is 3.71. The predicted octanol–water partition coefficient (Wildman–Crippen LogP) is 4.87. The smallest absolute Gasteiger partial charge is 0.227 e. The molecule has 0 unspecified atom stereocenters. The molecular weight excluding hydrogens is 380 g/mol. The highest BCUT2D eigenvalue weighted by Crippen LogP contribution is 2.31. The molecule has 30 heavy (non-hydrogen) atoms. The van der Waals surface area contributed by atoms with Crippen LogP contribution in [-0.2, 0) is 9.59 Å². The molecule has 0 atom stereocenters. The van der Waals surface area contributed by atoms with Crippen molar-refractivity contribution in [1.29, 1.82) is 0 Å². The van der Waals surface area contributed by atoms with Gasteiger partial charge in [-0.2, -0.15) is 0 Å². The van der Waals surface area contributed by atoms with Gasteiger partial charge in [0.25, 0.3) is 0 Å². The number of rotatable bonds is 8. The summed E-state index contributed by atoms with van der Waals surface area (Å²) in [6, 6.07) is 14.8. The van der Waals surface area contributed by atoms with Crippen molar-refractivity contribution in [2.45, 2.75) is 39.5 Å². The first-order chi connectivity index (χ1) is 14.6. The van der Waals surface area contributed by atoms with Gasteiger partial charge < -0.3 is 20.1 Å². The van der Waals surface area contributed by atoms with E-state index in [0.717, 1.165) is 22.9 Å². The van der Waals surface area contributed by atoms with Crippen molar-refractivity contribution in [3.63, 3.8) is 0 Å². The highest BCUT2D eigenvalue weighted by Gasteiger charge is 2.30. The molecule has 3 rings (SSSR count). The van der Waals surface area contributed by atoms with Crippen molar-refractivity contribution in [2.24, 2.45) is 11.8 Å². The summed E-state index contributed by atoms with van der Waals surface area (Å²) in [5, 5.41) is 5.95. The summed E-state index contributed by atoms with van der Waals surface area (Å²) in [5.74, 6) is 1.48. The molecule has 160 valence electrons. The molecule has 0 saturated heterocycles. The van der Waals surface area contributed by atoms with Crippen molar-refractivity contribution in [3.05, 3.63) is 48.5 Å². The van der Waals surface area contributed by atoms with Gasteiger partial charge in [-0.05, 0) is 88.1 Å². The van der Waals surface area contributed by atoms with Crippen molar-refractivity contribution in [2.75, 3.05) is 23.8 Å². The highest BCUT2D eigenvalue weighted by atomic mass is 16.5. The Kier molecular flexibility index (Phi) is 7.71. The molecule has 0 aromatic heterocycles. The van der Waals surface area contributed by atoms with Crippen LogP contribution in [0.1, 0.15) is 39.5 Å². The number of ether oxygens (including phenoxy) is 2. The van der Waals surface area contributed by atoms with Crippen molar-refractivity contribution >= 4 is 23.2 Å². The summed E-state index contributed by atoms with van der Waals surface area (Å²) in [7, 11) is 0. The molecule has 1 saturated carbocycles. The second kappa shape index (κ2) is 10.7. The molecule has 0 spiro atoms. The molecule has 6 nitrogen and oxygen atoms in total. The van der Waals surface area contributed by atoms with Crippen molar-refractivity contribution < 1.29 is 19.1 Å². The monoisotopic (exact) mass is 410 g/mol. The van der Waals surface area contributed by atoms with Crippen LogP contribution in [0.3, 0.4) is 0 Å². The SMILES string of the molecule is CCOc1ccc(NC(=O)C2CCC(C(=O)Nc3ccc(OCC)cc3)CC2)cc1. The van der Waals surface area contributed by atoms with Gasteiger partial charge in [-0.3, -0.25) is 9.59 Å². The first-order valence-electron chi connectivity index (χ1n) is 10.7. The fraction of sp³-hybridized carbons (Fsp3) is 0.417. The number of nitrogens with one attached hydrogen (secondary N) is 2. The zero-order valence-corrected chi connectivity index (χ0v) is 17.6. The first kappa shape index (κ1) is 21.7. The Morgan fingerprint density at radius 3 is 1.33 bits per heavy atom. The summed E-state index contributed by atoms with van der Waals surface area (Å²) in [4.78, 5) is 25.2. The molecule has 2 aromatic carbocycles. The Bertz CT molecular complexity index is 754. The summed E-state index contributed by atoms with van der Waals surface area (Å²) in [6.07, 6.45) is 2.85. The third kappa shape index (κ3) is 5.99. The van der Waals surface area contributed by atoms with Crippen molar-refractivity contribution in [3.8, 4) is 11.5 Å². The number of anilines is 2. The molecular formula is C24H30N2O4. The quantitative estimate of drug-likeness (QED) is 0.651. The lowest BCUT2D eigenvalue weighted by Crippen LogP contribution is -2.32. The third-order valence-electron chi connectivity index (χ3n) is 5.33. The summed E-state index contributed by atoms with van der Waals surface area (Å²) < 4.78 is 10.8. The minimum Gasteiger partial charge on any atom is -0.494 e. The molecule has 0 heterocycles. The van der Waals surface area contributed by atoms with E-state index in [-0.39, 0.29) is 23.7 Å². The Balaban J connectivity index is 1.45. The summed E-state index contributed by atoms with van der Waals surface area (Å²) in [6.45, 7) is 5.09. The lowest BCUT2D eigenvalue weighted by Gasteiger charge is -2.27. The Morgan fingerprint density at radius 2 is 1.03 bits per heavy atom. The number of hydrogen-bond donors (Lipinski definition) is 2. The lowest BCUT2D eigenvalue weighted by molar-refractivity contribution is -0.125. The van der Waals surface area contributed by atoms with Crippen LogP contribution in [0.4, 0.5) is 11.4 Å². The van der Waals surface area contributed by atoms with E-state index < -0.39 is 0 Å². The van der Waals surface area contributed by atoms with E-state index >= 15 is 0 Å². The summed E-state index contributed by atoms with van der Waals surface area (Å²) in [5.41, 5.74) is 1.53. The van der Waals surface area contributed by atoms with Crippen LogP contribution in [-0.4, -0.2) is 25.0 Å². The largest absolute Gasteiger partial charge is 0.494 e. The Labute approximate surface area is 178 Å². The topological polar surface area (TPSA) is 76.7 Å². The van der Waals surface area contributed by atoms with Gasteiger partial charge in [0, 0.05) is 23.2 Å². The van der Waals surface area contributed by atoms with Crippen molar-refractivity contribution in [1.82, 2.24) is 0 Å². The maximum atomic E-state index is 12.6. The molecule has 2 N–H and O–H groups in total. The molecule has 6 heteroatoms. The van der Waals surface area contributed by atoms with Gasteiger partial charge in [0.05, 0.1) is 13.2 Å². The number of hydrogen-bond acceptors (Lipinski definition) is 4. The van der Waals surface area contributed by atoms with Gasteiger partial charge in [-0.15, -0.1) is 0 Å². The second-order valence-electron chi connectivity index (χ2n) is 7.44. The molecule has 2 amide bonds. The van der Waals surface area contributed by atoms with E-state index in [2.05, 4.69) is 10.6 Å². The molecule has 1 aliphatic carbocycles. The van der Waals surface area contributed by atoms with Crippen LogP contribution in [0.25, 0.3) is 0 Å². The normalized spacial score (nSPS) is 18.3. The number of carbonyl (C=O) groups excluding carboxylic acids is 2. The van der Waals surface area contributed by atoms with E-state index in [9.17, 15) is 9.59 Å². The highest BCUT2D eigenvalue weighted by molar-refractivity contribution is 5.94. The average Bonchev–Trinajstić information content (AvgIpc) is 2.77. The number of carbonyl (C=O) groups is 2. The minimum atomic E-state index is -0.0638. The van der Waals surface area contributed by atoms with E-state index in [1.165, 1.54) is 0 Å². The van der Waals surface area contributed by atoms with Gasteiger partial charge in [-0.25, -0.2) is 0 Å². The predicted molar refractivity (Wildman–Crippen MR) is 118 cm³/mol. The van der Waals surface area contributed by atoms with Crippen LogP contribution >= 0.6 is 0 Å². The van der Waals surface area contributed by atoms with Crippen LogP contribution in [0.5, 0.6) is 11.5 Å². The molecule has 1 aliphatic rings. The maximum absolute atomic E-state index is 12.6. The van der Waals surface area contributed by atoms with Crippen LogP contribution in [0.15, 0.2) is 48.5 Å². The lowest BCUT2D eigenvalue weighted by atomic mass is 9.81. The zero-order valence-electron chi connectivity index (χ0n) is 17.6. The van der Waals surface area contributed by atoms with E-state index in [1.807, 2.05) is 62.4 Å². The molecule has 1 fully saturated rings. The van der Waals surface area contributed by atoms with Crippen LogP contribution < -0.4 is 20.1 Å². The van der Waals surface area contributed by atoms with Gasteiger partial charge in [0.1, 0.15) is 11.5 Å². The first-order valence-corrected chi connectivity index (χ1v) is 10.7. The van der Waals surface area contributed by atoms with E-state index in [4.69, 9.17) is 9.47 Å². The van der Waals surface area contributed by atoms with Gasteiger partial charge in [0.15, 0.2) is 0 Å². The van der Waals surface area contributed by atoms with E-state index in [1.54, 1.807) is 0 Å². The van der Waals surface area contributed by atoms with Gasteiger partial charge >= 0.3 is 0 Å². The van der Waals surface area contributed by atoms with Crippen LogP contribution in [0, 0.1) is 11.8 Å². The molecule has 0 aliphatic heterocycles. The average molecular weight is 411 g/mol. The second-order valence-corrected chi connectivity index (χ2v) is 7.44. The molecule has 2 aromatic rings. The summed E-state index contributed by atoms with van der Waals surface area (Å²) >= 11 is 0. The van der Waals surface area contributed by atoms with Gasteiger partial charge in [0.2, 0.25) is 11.8 Å². The number of amides is 2. The molecule has 0 bridgehead atoms. The Morgan fingerprint density at radius 1 is 0.700 bits per heavy atom. The van der Waals surface area contributed by atoms with Crippen LogP contribution in [0.2, 0.25) is 0 Å². The minimum absolute atomic E-state index is 0.0181.